The van der Waals surface area contributed by atoms with Gasteiger partial charge in [-0.15, -0.1) is 0 Å². The molecule has 1 aromatic carbocycles. The molecule has 0 spiro atoms. The van der Waals surface area contributed by atoms with E-state index in [4.69, 9.17) is 4.74 Å². The van der Waals surface area contributed by atoms with Crippen molar-refractivity contribution in [3.63, 3.8) is 0 Å². The van der Waals surface area contributed by atoms with Crippen LogP contribution in [0.5, 0.6) is 11.6 Å². The molecular formula is C13H13BrFN3O. The van der Waals surface area contributed by atoms with Gasteiger partial charge in [-0.25, -0.2) is 4.98 Å². The Labute approximate surface area is 119 Å². The fourth-order valence-electron chi connectivity index (χ4n) is 1.62. The van der Waals surface area contributed by atoms with Crippen molar-refractivity contribution < 1.29 is 9.13 Å². The van der Waals surface area contributed by atoms with Gasteiger partial charge >= 0.3 is 0 Å². The van der Waals surface area contributed by atoms with Gasteiger partial charge in [-0.3, -0.25) is 0 Å². The largest absolute Gasteiger partial charge is 0.436 e. The first-order valence-corrected chi connectivity index (χ1v) is 6.45. The SMILES string of the molecule is CNc1ncc(F)c(Oc2cc(C)c(Br)c(C)c2)n1. The van der Waals surface area contributed by atoms with Crippen molar-refractivity contribution >= 4 is 21.9 Å². The number of nitrogens with one attached hydrogen (secondary N) is 1. The third kappa shape index (κ3) is 3.01. The molecule has 0 radical (unpaired) electrons. The number of benzene rings is 1. The first kappa shape index (κ1) is 13.7. The highest BCUT2D eigenvalue weighted by Crippen LogP contribution is 2.29. The lowest BCUT2D eigenvalue weighted by atomic mass is 10.1. The van der Waals surface area contributed by atoms with Gasteiger partial charge in [0.25, 0.3) is 5.88 Å². The van der Waals surface area contributed by atoms with Crippen LogP contribution in [-0.4, -0.2) is 17.0 Å². The number of rotatable bonds is 3. The predicted octanol–water partition coefficient (Wildman–Crippen LogP) is 3.83. The van der Waals surface area contributed by atoms with Crippen molar-refractivity contribution in [3.8, 4) is 11.6 Å². The quantitative estimate of drug-likeness (QED) is 0.931. The maximum atomic E-state index is 13.6. The van der Waals surface area contributed by atoms with E-state index in [1.165, 1.54) is 0 Å². The van der Waals surface area contributed by atoms with Crippen molar-refractivity contribution in [2.45, 2.75) is 13.8 Å². The molecule has 0 amide bonds. The summed E-state index contributed by atoms with van der Waals surface area (Å²) < 4.78 is 20.1. The van der Waals surface area contributed by atoms with E-state index in [-0.39, 0.29) is 5.88 Å². The molecule has 0 aliphatic rings. The Morgan fingerprint density at radius 3 is 2.47 bits per heavy atom. The molecule has 19 heavy (non-hydrogen) atoms. The van der Waals surface area contributed by atoms with Gasteiger partial charge in [-0.2, -0.15) is 9.37 Å². The van der Waals surface area contributed by atoms with E-state index in [9.17, 15) is 4.39 Å². The molecule has 6 heteroatoms. The van der Waals surface area contributed by atoms with Crippen LogP contribution in [-0.2, 0) is 0 Å². The number of hydrogen-bond acceptors (Lipinski definition) is 4. The summed E-state index contributed by atoms with van der Waals surface area (Å²) in [6.07, 6.45) is 1.08. The van der Waals surface area contributed by atoms with Crippen molar-refractivity contribution in [2.75, 3.05) is 12.4 Å². The second-order valence-electron chi connectivity index (χ2n) is 4.07. The fourth-order valence-corrected chi connectivity index (χ4v) is 1.85. The van der Waals surface area contributed by atoms with Crippen molar-refractivity contribution in [3.05, 3.63) is 39.7 Å². The topological polar surface area (TPSA) is 47.0 Å². The smallest absolute Gasteiger partial charge is 0.260 e. The normalized spacial score (nSPS) is 10.4. The van der Waals surface area contributed by atoms with Gasteiger partial charge in [0.05, 0.1) is 6.20 Å². The van der Waals surface area contributed by atoms with E-state index in [2.05, 4.69) is 31.2 Å². The highest BCUT2D eigenvalue weighted by Gasteiger charge is 2.10. The van der Waals surface area contributed by atoms with Crippen LogP contribution in [0.1, 0.15) is 11.1 Å². The fraction of sp³-hybridized carbons (Fsp3) is 0.231. The van der Waals surface area contributed by atoms with Gasteiger partial charge in [0, 0.05) is 11.5 Å². The number of aryl methyl sites for hydroxylation is 2. The zero-order valence-corrected chi connectivity index (χ0v) is 12.4. The molecule has 0 saturated heterocycles. The number of ether oxygens (including phenoxy) is 1. The summed E-state index contributed by atoms with van der Waals surface area (Å²) in [4.78, 5) is 7.70. The van der Waals surface area contributed by atoms with E-state index in [1.54, 1.807) is 7.05 Å². The first-order chi connectivity index (χ1) is 9.01. The number of halogens is 2. The zero-order valence-electron chi connectivity index (χ0n) is 10.8. The zero-order chi connectivity index (χ0) is 14.0. The van der Waals surface area contributed by atoms with Crippen LogP contribution in [0.3, 0.4) is 0 Å². The lowest BCUT2D eigenvalue weighted by molar-refractivity contribution is 0.420. The standard InChI is InChI=1S/C13H13BrFN3O/c1-7-4-9(5-8(2)11(7)14)19-12-10(15)6-17-13(16-3)18-12/h4-6H,1-3H3,(H,16,17,18). The Morgan fingerprint density at radius 2 is 1.89 bits per heavy atom. The molecule has 0 unspecified atom stereocenters. The van der Waals surface area contributed by atoms with Crippen LogP contribution < -0.4 is 10.1 Å². The summed E-state index contributed by atoms with van der Waals surface area (Å²) in [5.41, 5.74) is 2.02. The Morgan fingerprint density at radius 1 is 1.26 bits per heavy atom. The average Bonchev–Trinajstić information content (AvgIpc) is 2.38. The number of anilines is 1. The Kier molecular flexibility index (Phi) is 3.99. The van der Waals surface area contributed by atoms with Gasteiger partial charge in [0.1, 0.15) is 5.75 Å². The van der Waals surface area contributed by atoms with Crippen molar-refractivity contribution in [1.82, 2.24) is 9.97 Å². The molecule has 1 heterocycles. The molecule has 1 N–H and O–H groups in total. The van der Waals surface area contributed by atoms with E-state index >= 15 is 0 Å². The molecule has 1 aromatic heterocycles. The molecule has 2 rings (SSSR count). The summed E-state index contributed by atoms with van der Waals surface area (Å²) in [6, 6.07) is 3.63. The molecule has 0 atom stereocenters. The minimum Gasteiger partial charge on any atom is -0.436 e. The number of nitrogens with zero attached hydrogens (tertiary/aromatic N) is 2. The van der Waals surface area contributed by atoms with Crippen LogP contribution in [0, 0.1) is 19.7 Å². The summed E-state index contributed by atoms with van der Waals surface area (Å²) in [5, 5.41) is 2.74. The second-order valence-corrected chi connectivity index (χ2v) is 4.86. The predicted molar refractivity (Wildman–Crippen MR) is 75.2 cm³/mol. The molecule has 4 nitrogen and oxygen atoms in total. The lowest BCUT2D eigenvalue weighted by Crippen LogP contribution is -2.00. The number of aromatic nitrogens is 2. The summed E-state index contributed by atoms with van der Waals surface area (Å²) >= 11 is 3.47. The van der Waals surface area contributed by atoms with Crippen LogP contribution >= 0.6 is 15.9 Å². The first-order valence-electron chi connectivity index (χ1n) is 5.66. The molecule has 0 fully saturated rings. The second kappa shape index (κ2) is 5.52. The van der Waals surface area contributed by atoms with Gasteiger partial charge < -0.3 is 10.1 Å². The molecule has 100 valence electrons. The van der Waals surface area contributed by atoms with Crippen molar-refractivity contribution in [2.24, 2.45) is 0 Å². The highest BCUT2D eigenvalue weighted by molar-refractivity contribution is 9.10. The van der Waals surface area contributed by atoms with E-state index in [0.29, 0.717) is 11.7 Å². The van der Waals surface area contributed by atoms with Crippen LogP contribution in [0.15, 0.2) is 22.8 Å². The number of hydrogen-bond donors (Lipinski definition) is 1. The van der Waals surface area contributed by atoms with Gasteiger partial charge in [-0.1, -0.05) is 15.9 Å². The van der Waals surface area contributed by atoms with Crippen LogP contribution in [0.25, 0.3) is 0 Å². The van der Waals surface area contributed by atoms with Crippen LogP contribution in [0.4, 0.5) is 10.3 Å². The molecule has 0 aliphatic carbocycles. The molecular weight excluding hydrogens is 313 g/mol. The van der Waals surface area contributed by atoms with E-state index in [1.807, 2.05) is 26.0 Å². The third-order valence-electron chi connectivity index (χ3n) is 2.56. The van der Waals surface area contributed by atoms with Crippen molar-refractivity contribution in [1.29, 1.82) is 0 Å². The minimum atomic E-state index is -0.600. The molecule has 0 aliphatic heterocycles. The third-order valence-corrected chi connectivity index (χ3v) is 3.81. The monoisotopic (exact) mass is 325 g/mol. The molecule has 0 bridgehead atoms. The lowest BCUT2D eigenvalue weighted by Gasteiger charge is -2.10. The minimum absolute atomic E-state index is 0.0968. The molecule has 0 saturated carbocycles. The summed E-state index contributed by atoms with van der Waals surface area (Å²) in [7, 11) is 1.66. The van der Waals surface area contributed by atoms with Crippen LogP contribution in [0.2, 0.25) is 0 Å². The summed E-state index contributed by atoms with van der Waals surface area (Å²) in [6.45, 7) is 3.89. The Balaban J connectivity index is 2.36. The van der Waals surface area contributed by atoms with E-state index < -0.39 is 5.82 Å². The summed E-state index contributed by atoms with van der Waals surface area (Å²) in [5.74, 6) is 0.150. The Hall–Kier alpha value is -1.69. The van der Waals surface area contributed by atoms with Gasteiger partial charge in [-0.05, 0) is 37.1 Å². The Bertz CT molecular complexity index is 596. The average molecular weight is 326 g/mol. The maximum Gasteiger partial charge on any atom is 0.260 e. The highest BCUT2D eigenvalue weighted by atomic mass is 79.9. The molecule has 2 aromatic rings. The van der Waals surface area contributed by atoms with E-state index in [0.717, 1.165) is 21.8 Å². The van der Waals surface area contributed by atoms with Gasteiger partial charge in [0.15, 0.2) is 0 Å². The maximum absolute atomic E-state index is 13.6. The van der Waals surface area contributed by atoms with Gasteiger partial charge in [0.2, 0.25) is 11.8 Å².